The quantitative estimate of drug-likeness (QED) is 0.645. The van der Waals surface area contributed by atoms with Crippen molar-refractivity contribution in [3.05, 3.63) is 65.2 Å². The maximum Gasteiger partial charge on any atom is 0.254 e. The lowest BCUT2D eigenvalue weighted by molar-refractivity contribution is 0.0761. The van der Waals surface area contributed by atoms with E-state index in [9.17, 15) is 13.2 Å². The molecule has 3 N–H and O–H groups in total. The number of hydrogen-bond donors (Lipinski definition) is 2. The molecule has 2 rings (SSSR count). The van der Waals surface area contributed by atoms with E-state index in [1.807, 2.05) is 30.3 Å². The molecule has 6 nitrogen and oxygen atoms in total. The standard InChI is InChI=1S/C20H27N3O3S.ClH/c1-3-22-27(25,26)18-10-9-16(2)19(15-18)20(24)23(14-12-21)13-11-17-7-5-4-6-8-17;/h4-10,15,22H,3,11-14,21H2,1-2H3;1H. The Morgan fingerprint density at radius 2 is 1.79 bits per heavy atom. The van der Waals surface area contributed by atoms with Gasteiger partial charge in [-0.15, -0.1) is 12.4 Å². The van der Waals surface area contributed by atoms with Crippen LogP contribution in [0.4, 0.5) is 0 Å². The molecule has 8 heteroatoms. The number of amides is 1. The predicted molar refractivity (Wildman–Crippen MR) is 114 cm³/mol. The number of nitrogens with zero attached hydrogens (tertiary/aromatic N) is 1. The highest BCUT2D eigenvalue weighted by Crippen LogP contribution is 2.18. The number of nitrogens with two attached hydrogens (primary N) is 1. The monoisotopic (exact) mass is 425 g/mol. The first-order chi connectivity index (χ1) is 12.9. The average molecular weight is 426 g/mol. The molecule has 1 amide bonds. The lowest BCUT2D eigenvalue weighted by atomic mass is 10.1. The number of benzene rings is 2. The van der Waals surface area contributed by atoms with Crippen LogP contribution in [0.15, 0.2) is 53.4 Å². The summed E-state index contributed by atoms with van der Waals surface area (Å²) < 4.78 is 27.0. The summed E-state index contributed by atoms with van der Waals surface area (Å²) >= 11 is 0. The molecule has 0 heterocycles. The summed E-state index contributed by atoms with van der Waals surface area (Å²) in [6.07, 6.45) is 0.709. The number of carbonyl (C=O) groups excluding carboxylic acids is 1. The second-order valence-corrected chi connectivity index (χ2v) is 8.06. The van der Waals surface area contributed by atoms with Crippen LogP contribution in [0.25, 0.3) is 0 Å². The minimum atomic E-state index is -3.62. The molecule has 28 heavy (non-hydrogen) atoms. The SMILES string of the molecule is CCNS(=O)(=O)c1ccc(C)c(C(=O)N(CCN)CCc2ccccc2)c1.Cl. The fourth-order valence-electron chi connectivity index (χ4n) is 2.82. The topological polar surface area (TPSA) is 92.5 Å². The summed E-state index contributed by atoms with van der Waals surface area (Å²) in [5.74, 6) is -0.206. The first kappa shape index (κ1) is 24.1. The highest BCUT2D eigenvalue weighted by atomic mass is 35.5. The lowest BCUT2D eigenvalue weighted by Gasteiger charge is -2.23. The molecule has 2 aromatic carbocycles. The van der Waals surface area contributed by atoms with E-state index in [2.05, 4.69) is 4.72 Å². The van der Waals surface area contributed by atoms with Gasteiger partial charge in [-0.25, -0.2) is 13.1 Å². The molecule has 0 aromatic heterocycles. The third kappa shape index (κ3) is 6.31. The van der Waals surface area contributed by atoms with E-state index in [1.165, 1.54) is 12.1 Å². The van der Waals surface area contributed by atoms with Crippen molar-refractivity contribution < 1.29 is 13.2 Å². The summed E-state index contributed by atoms with van der Waals surface area (Å²) in [5, 5.41) is 0. The number of halogens is 1. The average Bonchev–Trinajstić information content (AvgIpc) is 2.65. The first-order valence-corrected chi connectivity index (χ1v) is 10.5. The van der Waals surface area contributed by atoms with E-state index < -0.39 is 10.0 Å². The Hall–Kier alpha value is -1.93. The first-order valence-electron chi connectivity index (χ1n) is 9.02. The molecule has 0 saturated heterocycles. The van der Waals surface area contributed by atoms with E-state index in [1.54, 1.807) is 24.8 Å². The molecule has 0 radical (unpaired) electrons. The predicted octanol–water partition coefficient (Wildman–Crippen LogP) is 2.36. The molecule has 0 aliphatic carbocycles. The maximum absolute atomic E-state index is 13.1. The lowest BCUT2D eigenvalue weighted by Crippen LogP contribution is -2.37. The molecule has 2 aromatic rings. The zero-order chi connectivity index (χ0) is 19.9. The Labute approximate surface area is 173 Å². The van der Waals surface area contributed by atoms with Crippen LogP contribution in [-0.4, -0.2) is 45.4 Å². The summed E-state index contributed by atoms with van der Waals surface area (Å²) in [7, 11) is -3.62. The Bertz CT molecular complexity index is 874. The summed E-state index contributed by atoms with van der Waals surface area (Å²) in [4.78, 5) is 14.8. The van der Waals surface area contributed by atoms with Gasteiger partial charge < -0.3 is 10.6 Å². The summed E-state index contributed by atoms with van der Waals surface area (Å²) in [6.45, 7) is 5.07. The highest BCUT2D eigenvalue weighted by Gasteiger charge is 2.21. The Morgan fingerprint density at radius 3 is 2.39 bits per heavy atom. The largest absolute Gasteiger partial charge is 0.337 e. The van der Waals surface area contributed by atoms with Crippen molar-refractivity contribution in [3.8, 4) is 0 Å². The van der Waals surface area contributed by atoms with Crippen molar-refractivity contribution in [1.29, 1.82) is 0 Å². The van der Waals surface area contributed by atoms with Crippen LogP contribution in [0.5, 0.6) is 0 Å². The molecule has 0 unspecified atom stereocenters. The summed E-state index contributed by atoms with van der Waals surface area (Å²) in [5.41, 5.74) is 7.94. The molecular weight excluding hydrogens is 398 g/mol. The number of aryl methyl sites for hydroxylation is 1. The van der Waals surface area contributed by atoms with E-state index in [-0.39, 0.29) is 29.8 Å². The van der Waals surface area contributed by atoms with Crippen molar-refractivity contribution in [2.45, 2.75) is 25.2 Å². The Kier molecular flexibility index (Phi) is 9.61. The smallest absolute Gasteiger partial charge is 0.254 e. The van der Waals surface area contributed by atoms with Gasteiger partial charge in [0.25, 0.3) is 5.91 Å². The van der Waals surface area contributed by atoms with Gasteiger partial charge in [-0.2, -0.15) is 0 Å². The van der Waals surface area contributed by atoms with Gasteiger partial charge in [0.2, 0.25) is 10.0 Å². The molecule has 0 bridgehead atoms. The van der Waals surface area contributed by atoms with E-state index >= 15 is 0 Å². The molecular formula is C20H28ClN3O3S. The van der Waals surface area contributed by atoms with Crippen LogP contribution in [0.1, 0.15) is 28.4 Å². The van der Waals surface area contributed by atoms with Crippen molar-refractivity contribution in [2.75, 3.05) is 26.2 Å². The Morgan fingerprint density at radius 1 is 1.11 bits per heavy atom. The fraction of sp³-hybridized carbons (Fsp3) is 0.350. The van der Waals surface area contributed by atoms with Crippen LogP contribution in [0, 0.1) is 6.92 Å². The normalized spacial score (nSPS) is 11.0. The van der Waals surface area contributed by atoms with Crippen LogP contribution in [0.3, 0.4) is 0 Å². The van der Waals surface area contributed by atoms with E-state index in [4.69, 9.17) is 5.73 Å². The fourth-order valence-corrected chi connectivity index (χ4v) is 3.89. The highest BCUT2D eigenvalue weighted by molar-refractivity contribution is 7.89. The molecule has 0 spiro atoms. The third-order valence-corrected chi connectivity index (χ3v) is 5.83. The van der Waals surface area contributed by atoms with Crippen molar-refractivity contribution in [3.63, 3.8) is 0 Å². The molecule has 0 aliphatic heterocycles. The number of hydrogen-bond acceptors (Lipinski definition) is 4. The number of rotatable bonds is 9. The second kappa shape index (κ2) is 11.2. The number of carbonyl (C=O) groups is 1. The van der Waals surface area contributed by atoms with Crippen molar-refractivity contribution >= 4 is 28.3 Å². The van der Waals surface area contributed by atoms with Crippen molar-refractivity contribution in [2.24, 2.45) is 5.73 Å². The van der Waals surface area contributed by atoms with Crippen LogP contribution in [0.2, 0.25) is 0 Å². The molecule has 154 valence electrons. The van der Waals surface area contributed by atoms with E-state index in [0.29, 0.717) is 31.6 Å². The second-order valence-electron chi connectivity index (χ2n) is 6.29. The molecule has 0 atom stereocenters. The number of nitrogens with one attached hydrogen (secondary N) is 1. The molecule has 0 fully saturated rings. The zero-order valence-electron chi connectivity index (χ0n) is 16.2. The Balaban J connectivity index is 0.00000392. The van der Waals surface area contributed by atoms with Gasteiger partial charge in [-0.1, -0.05) is 43.3 Å². The van der Waals surface area contributed by atoms with Crippen LogP contribution in [-0.2, 0) is 16.4 Å². The minimum absolute atomic E-state index is 0. The number of sulfonamides is 1. The van der Waals surface area contributed by atoms with Gasteiger partial charge in [0.15, 0.2) is 0 Å². The minimum Gasteiger partial charge on any atom is -0.337 e. The van der Waals surface area contributed by atoms with Gasteiger partial charge in [-0.3, -0.25) is 4.79 Å². The molecule has 0 aliphatic rings. The summed E-state index contributed by atoms with van der Waals surface area (Å²) in [6, 6.07) is 14.5. The van der Waals surface area contributed by atoms with Crippen molar-refractivity contribution in [1.82, 2.24) is 9.62 Å². The zero-order valence-corrected chi connectivity index (χ0v) is 17.9. The maximum atomic E-state index is 13.1. The van der Waals surface area contributed by atoms with Gasteiger partial charge in [0, 0.05) is 31.7 Å². The van der Waals surface area contributed by atoms with Gasteiger partial charge in [0.1, 0.15) is 0 Å². The van der Waals surface area contributed by atoms with Crippen LogP contribution < -0.4 is 10.5 Å². The molecule has 0 saturated carbocycles. The van der Waals surface area contributed by atoms with Crippen LogP contribution >= 0.6 is 12.4 Å². The van der Waals surface area contributed by atoms with Gasteiger partial charge in [0.05, 0.1) is 4.90 Å². The van der Waals surface area contributed by atoms with E-state index in [0.717, 1.165) is 11.1 Å². The van der Waals surface area contributed by atoms with Gasteiger partial charge >= 0.3 is 0 Å². The third-order valence-electron chi connectivity index (χ3n) is 4.28. The van der Waals surface area contributed by atoms with Gasteiger partial charge in [-0.05, 0) is 36.6 Å².